The SMILES string of the molecule is CCNC(=S)Nc1ccc(F)c(Br)c1. The van der Waals surface area contributed by atoms with E-state index in [9.17, 15) is 4.39 Å². The lowest BCUT2D eigenvalue weighted by Gasteiger charge is -2.08. The summed E-state index contributed by atoms with van der Waals surface area (Å²) in [5, 5.41) is 6.41. The number of rotatable bonds is 2. The molecule has 5 heteroatoms. The Balaban J connectivity index is 2.68. The molecule has 0 heterocycles. The highest BCUT2D eigenvalue weighted by atomic mass is 79.9. The normalized spacial score (nSPS) is 9.64. The molecule has 0 aliphatic carbocycles. The molecule has 2 N–H and O–H groups in total. The Hall–Kier alpha value is -0.680. The molecular formula is C9H10BrFN2S. The van der Waals surface area contributed by atoms with Gasteiger partial charge < -0.3 is 10.6 Å². The van der Waals surface area contributed by atoms with Gasteiger partial charge >= 0.3 is 0 Å². The highest BCUT2D eigenvalue weighted by Gasteiger charge is 2.01. The van der Waals surface area contributed by atoms with Crippen LogP contribution in [0.15, 0.2) is 22.7 Å². The van der Waals surface area contributed by atoms with Crippen LogP contribution in [0.4, 0.5) is 10.1 Å². The third kappa shape index (κ3) is 3.23. The fourth-order valence-electron chi connectivity index (χ4n) is 0.910. The predicted molar refractivity (Wildman–Crippen MR) is 64.0 cm³/mol. The van der Waals surface area contributed by atoms with E-state index in [1.54, 1.807) is 12.1 Å². The second kappa shape index (κ2) is 5.26. The van der Waals surface area contributed by atoms with E-state index in [0.29, 0.717) is 9.59 Å². The molecule has 0 saturated carbocycles. The van der Waals surface area contributed by atoms with Gasteiger partial charge in [0.25, 0.3) is 0 Å². The van der Waals surface area contributed by atoms with Gasteiger partial charge in [-0.1, -0.05) is 0 Å². The van der Waals surface area contributed by atoms with Gasteiger partial charge in [0.1, 0.15) is 5.82 Å². The lowest BCUT2D eigenvalue weighted by atomic mass is 10.3. The first kappa shape index (κ1) is 11.4. The van der Waals surface area contributed by atoms with Crippen molar-refractivity contribution < 1.29 is 4.39 Å². The maximum absolute atomic E-state index is 12.9. The van der Waals surface area contributed by atoms with Gasteiger partial charge in [-0.3, -0.25) is 0 Å². The van der Waals surface area contributed by atoms with Crippen LogP contribution in [0.25, 0.3) is 0 Å². The number of thiocarbonyl (C=S) groups is 1. The van der Waals surface area contributed by atoms with E-state index in [1.165, 1.54) is 6.07 Å². The van der Waals surface area contributed by atoms with Crippen LogP contribution in [0.1, 0.15) is 6.92 Å². The topological polar surface area (TPSA) is 24.1 Å². The van der Waals surface area contributed by atoms with Crippen LogP contribution in [0, 0.1) is 5.82 Å². The van der Waals surface area contributed by atoms with Crippen molar-refractivity contribution in [2.45, 2.75) is 6.92 Å². The number of anilines is 1. The molecule has 0 bridgehead atoms. The maximum Gasteiger partial charge on any atom is 0.170 e. The highest BCUT2D eigenvalue weighted by Crippen LogP contribution is 2.19. The first-order valence-corrected chi connectivity index (χ1v) is 5.33. The molecule has 0 amide bonds. The van der Waals surface area contributed by atoms with Gasteiger partial charge in [0.2, 0.25) is 0 Å². The van der Waals surface area contributed by atoms with Crippen LogP contribution >= 0.6 is 28.1 Å². The molecule has 0 aromatic heterocycles. The van der Waals surface area contributed by atoms with Crippen molar-refractivity contribution in [3.63, 3.8) is 0 Å². The lowest BCUT2D eigenvalue weighted by Crippen LogP contribution is -2.27. The van der Waals surface area contributed by atoms with Crippen LogP contribution in [0.2, 0.25) is 0 Å². The minimum absolute atomic E-state index is 0.287. The molecule has 76 valence electrons. The first-order chi connectivity index (χ1) is 6.63. The second-order valence-electron chi connectivity index (χ2n) is 2.61. The maximum atomic E-state index is 12.9. The molecule has 1 aromatic carbocycles. The number of halogens is 2. The van der Waals surface area contributed by atoms with Crippen molar-refractivity contribution in [2.75, 3.05) is 11.9 Å². The lowest BCUT2D eigenvalue weighted by molar-refractivity contribution is 0.621. The summed E-state index contributed by atoms with van der Waals surface area (Å²) < 4.78 is 13.3. The Morgan fingerprint density at radius 3 is 2.86 bits per heavy atom. The zero-order valence-corrected chi connectivity index (χ0v) is 10.0. The predicted octanol–water partition coefficient (Wildman–Crippen LogP) is 2.89. The van der Waals surface area contributed by atoms with E-state index >= 15 is 0 Å². The summed E-state index contributed by atoms with van der Waals surface area (Å²) >= 11 is 8.08. The van der Waals surface area contributed by atoms with E-state index in [2.05, 4.69) is 26.6 Å². The summed E-state index contributed by atoms with van der Waals surface area (Å²) in [5.74, 6) is -0.287. The fraction of sp³-hybridized carbons (Fsp3) is 0.222. The van der Waals surface area contributed by atoms with Crippen LogP contribution < -0.4 is 10.6 Å². The Bertz CT molecular complexity index is 344. The van der Waals surface area contributed by atoms with E-state index in [0.717, 1.165) is 12.2 Å². The van der Waals surface area contributed by atoms with Crippen LogP contribution in [-0.2, 0) is 0 Å². The molecule has 1 rings (SSSR count). The average molecular weight is 277 g/mol. The van der Waals surface area contributed by atoms with Crippen molar-refractivity contribution in [1.82, 2.24) is 5.32 Å². The Kier molecular flexibility index (Phi) is 4.28. The minimum atomic E-state index is -0.287. The van der Waals surface area contributed by atoms with Crippen LogP contribution in [-0.4, -0.2) is 11.7 Å². The average Bonchev–Trinajstić information content (AvgIpc) is 2.12. The minimum Gasteiger partial charge on any atom is -0.363 e. The molecule has 0 saturated heterocycles. The van der Waals surface area contributed by atoms with Gasteiger partial charge in [0, 0.05) is 12.2 Å². The summed E-state index contributed by atoms with van der Waals surface area (Å²) in [6.45, 7) is 2.71. The summed E-state index contributed by atoms with van der Waals surface area (Å²) in [4.78, 5) is 0. The fourth-order valence-corrected chi connectivity index (χ4v) is 1.55. The highest BCUT2D eigenvalue weighted by molar-refractivity contribution is 9.10. The smallest absolute Gasteiger partial charge is 0.170 e. The zero-order chi connectivity index (χ0) is 10.6. The molecule has 0 radical (unpaired) electrons. The van der Waals surface area contributed by atoms with Gasteiger partial charge in [-0.15, -0.1) is 0 Å². The summed E-state index contributed by atoms with van der Waals surface area (Å²) in [6, 6.07) is 4.64. The van der Waals surface area contributed by atoms with E-state index in [-0.39, 0.29) is 5.82 Å². The number of hydrogen-bond acceptors (Lipinski definition) is 1. The summed E-state index contributed by atoms with van der Waals surface area (Å²) in [5.41, 5.74) is 0.754. The zero-order valence-electron chi connectivity index (χ0n) is 7.60. The van der Waals surface area contributed by atoms with Gasteiger partial charge in [0.05, 0.1) is 4.47 Å². The van der Waals surface area contributed by atoms with Gasteiger partial charge in [-0.2, -0.15) is 0 Å². The quantitative estimate of drug-likeness (QED) is 0.813. The first-order valence-electron chi connectivity index (χ1n) is 4.13. The van der Waals surface area contributed by atoms with Crippen molar-refractivity contribution in [3.8, 4) is 0 Å². The monoisotopic (exact) mass is 276 g/mol. The van der Waals surface area contributed by atoms with Gasteiger partial charge in [0.15, 0.2) is 5.11 Å². The molecule has 1 aromatic rings. The van der Waals surface area contributed by atoms with E-state index in [1.807, 2.05) is 6.92 Å². The van der Waals surface area contributed by atoms with Crippen molar-refractivity contribution >= 4 is 38.9 Å². The summed E-state index contributed by atoms with van der Waals surface area (Å²) in [6.07, 6.45) is 0. The molecular weight excluding hydrogens is 267 g/mol. The van der Waals surface area contributed by atoms with Crippen molar-refractivity contribution in [2.24, 2.45) is 0 Å². The molecule has 0 atom stereocenters. The number of benzene rings is 1. The Morgan fingerprint density at radius 2 is 2.29 bits per heavy atom. The molecule has 0 aliphatic heterocycles. The summed E-state index contributed by atoms with van der Waals surface area (Å²) in [7, 11) is 0. The largest absolute Gasteiger partial charge is 0.363 e. The standard InChI is InChI=1S/C9H10BrFN2S/c1-2-12-9(14)13-6-3-4-8(11)7(10)5-6/h3-5H,2H2,1H3,(H2,12,13,14). The molecule has 0 aliphatic rings. The molecule has 2 nitrogen and oxygen atoms in total. The second-order valence-corrected chi connectivity index (χ2v) is 3.88. The van der Waals surface area contributed by atoms with E-state index < -0.39 is 0 Å². The molecule has 0 fully saturated rings. The van der Waals surface area contributed by atoms with Crippen molar-refractivity contribution in [1.29, 1.82) is 0 Å². The molecule has 0 unspecified atom stereocenters. The number of hydrogen-bond donors (Lipinski definition) is 2. The van der Waals surface area contributed by atoms with Gasteiger partial charge in [-0.25, -0.2) is 4.39 Å². The molecule has 14 heavy (non-hydrogen) atoms. The van der Waals surface area contributed by atoms with Crippen LogP contribution in [0.5, 0.6) is 0 Å². The van der Waals surface area contributed by atoms with E-state index in [4.69, 9.17) is 12.2 Å². The number of nitrogens with one attached hydrogen (secondary N) is 2. The van der Waals surface area contributed by atoms with Gasteiger partial charge in [-0.05, 0) is 53.3 Å². The molecule has 0 spiro atoms. The Morgan fingerprint density at radius 1 is 1.57 bits per heavy atom. The van der Waals surface area contributed by atoms with Crippen molar-refractivity contribution in [3.05, 3.63) is 28.5 Å². The third-order valence-electron chi connectivity index (χ3n) is 1.51. The Labute approximate surface area is 96.0 Å². The third-order valence-corrected chi connectivity index (χ3v) is 2.37. The van der Waals surface area contributed by atoms with Crippen LogP contribution in [0.3, 0.4) is 0 Å².